The molecule has 0 aromatic carbocycles. The lowest BCUT2D eigenvalue weighted by Crippen LogP contribution is -2.48. The molecule has 3 atom stereocenters. The summed E-state index contributed by atoms with van der Waals surface area (Å²) in [6.45, 7) is 3.93. The number of rotatable bonds is 5. The smallest absolute Gasteiger partial charge is 0.222 e. The van der Waals surface area contributed by atoms with Crippen molar-refractivity contribution in [1.82, 2.24) is 15.0 Å². The Morgan fingerprint density at radius 1 is 1.34 bits per heavy atom. The van der Waals surface area contributed by atoms with Crippen molar-refractivity contribution in [2.45, 2.75) is 38.5 Å². The molecule has 2 aromatic rings. The van der Waals surface area contributed by atoms with Crippen molar-refractivity contribution in [2.75, 3.05) is 24.3 Å². The van der Waals surface area contributed by atoms with Crippen molar-refractivity contribution in [3.05, 3.63) is 35.2 Å². The number of aliphatic hydroxyl groups is 3. The van der Waals surface area contributed by atoms with Gasteiger partial charge in [-0.05, 0) is 32.8 Å². The molecule has 2 aromatic heterocycles. The van der Waals surface area contributed by atoms with Gasteiger partial charge in [0.15, 0.2) is 5.72 Å². The van der Waals surface area contributed by atoms with E-state index in [1.54, 1.807) is 25.3 Å². The Morgan fingerprint density at radius 2 is 2.14 bits per heavy atom. The quantitative estimate of drug-likeness (QED) is 0.356. The molecule has 0 bridgehead atoms. The van der Waals surface area contributed by atoms with Crippen LogP contribution in [0.4, 0.5) is 11.8 Å². The van der Waals surface area contributed by atoms with E-state index >= 15 is 0 Å². The lowest BCUT2D eigenvalue weighted by Gasteiger charge is -2.30. The molecule has 154 valence electrons. The maximum atomic E-state index is 10.8. The largest absolute Gasteiger partial charge is 0.478 e. The number of nitrogens with one attached hydrogen (secondary N) is 1. The number of pyridine rings is 1. The second-order valence-corrected chi connectivity index (χ2v) is 6.93. The predicted octanol–water partition coefficient (Wildman–Crippen LogP) is 0.424. The first-order valence-electron chi connectivity index (χ1n) is 9.40. The van der Waals surface area contributed by atoms with Crippen molar-refractivity contribution >= 4 is 11.8 Å². The lowest BCUT2D eigenvalue weighted by molar-refractivity contribution is -0.0545. The Morgan fingerprint density at radius 3 is 2.76 bits per heavy atom. The highest BCUT2D eigenvalue weighted by Crippen LogP contribution is 2.36. The first-order valence-corrected chi connectivity index (χ1v) is 9.40. The number of aryl methyl sites for hydroxylation is 1. The predicted molar refractivity (Wildman–Crippen MR) is 107 cm³/mol. The summed E-state index contributed by atoms with van der Waals surface area (Å²) in [5.41, 5.74) is 5.76. The monoisotopic (exact) mass is 399 g/mol. The number of anilines is 2. The molecular formula is C20H25N5O4. The molecular weight excluding hydrogens is 374 g/mol. The number of nitrogens with zero attached hydrogens (tertiary/aromatic N) is 3. The average Bonchev–Trinajstić information content (AvgIpc) is 2.96. The first-order chi connectivity index (χ1) is 13.9. The normalized spacial score (nSPS) is 23.3. The molecule has 1 aliphatic carbocycles. The van der Waals surface area contributed by atoms with Crippen LogP contribution in [0.25, 0.3) is 0 Å². The molecule has 1 saturated carbocycles. The van der Waals surface area contributed by atoms with E-state index in [0.717, 1.165) is 0 Å². The summed E-state index contributed by atoms with van der Waals surface area (Å²) in [7, 11) is 0. The van der Waals surface area contributed by atoms with Crippen LogP contribution < -0.4 is 15.8 Å². The van der Waals surface area contributed by atoms with Crippen LogP contribution in [0.1, 0.15) is 36.6 Å². The molecule has 6 N–H and O–H groups in total. The minimum Gasteiger partial charge on any atom is -0.478 e. The van der Waals surface area contributed by atoms with Crippen LogP contribution >= 0.6 is 0 Å². The second-order valence-electron chi connectivity index (χ2n) is 6.93. The fraction of sp³-hybridized carbons (Fsp3) is 0.450. The Balaban J connectivity index is 1.91. The standard InChI is InChI=1S/C20H25N5O4/c1-3-29-16-7-5-13(10-22-16)4-6-15-12(2)23-19(21)24-18(15)25-20(28)9-8-14(11-26)17(20)27/h5,7,10,14,17,26-28H,3,8-9,11H2,1-2H3,(H3,21,23,24,25). The Bertz CT molecular complexity index is 925. The Hall–Kier alpha value is -2.93. The Kier molecular flexibility index (Phi) is 6.17. The highest BCUT2D eigenvalue weighted by atomic mass is 16.5. The van der Waals surface area contributed by atoms with Gasteiger partial charge in [0.05, 0.1) is 17.9 Å². The summed E-state index contributed by atoms with van der Waals surface area (Å²) in [5.74, 6) is 6.32. The van der Waals surface area contributed by atoms with Crippen molar-refractivity contribution in [1.29, 1.82) is 0 Å². The van der Waals surface area contributed by atoms with E-state index in [4.69, 9.17) is 10.5 Å². The third-order valence-corrected chi connectivity index (χ3v) is 4.87. The van der Waals surface area contributed by atoms with E-state index in [9.17, 15) is 15.3 Å². The number of aromatic nitrogens is 3. The van der Waals surface area contributed by atoms with Crippen LogP contribution in [0.3, 0.4) is 0 Å². The van der Waals surface area contributed by atoms with Crippen molar-refractivity contribution in [3.8, 4) is 17.7 Å². The molecule has 1 fully saturated rings. The summed E-state index contributed by atoms with van der Waals surface area (Å²) in [6, 6.07) is 3.51. The third-order valence-electron chi connectivity index (χ3n) is 4.87. The van der Waals surface area contributed by atoms with Crippen LogP contribution in [-0.2, 0) is 0 Å². The molecule has 0 aliphatic heterocycles. The van der Waals surface area contributed by atoms with Gasteiger partial charge >= 0.3 is 0 Å². The fourth-order valence-electron chi connectivity index (χ4n) is 3.29. The topological polar surface area (TPSA) is 147 Å². The molecule has 0 spiro atoms. The molecule has 9 nitrogen and oxygen atoms in total. The number of aliphatic hydroxyl groups excluding tert-OH is 2. The maximum absolute atomic E-state index is 10.8. The number of hydrogen-bond donors (Lipinski definition) is 5. The number of nitrogens with two attached hydrogens (primary N) is 1. The molecule has 9 heteroatoms. The van der Waals surface area contributed by atoms with Gasteiger partial charge in [0, 0.05) is 30.4 Å². The average molecular weight is 399 g/mol. The molecule has 0 radical (unpaired) electrons. The van der Waals surface area contributed by atoms with Crippen LogP contribution in [0.2, 0.25) is 0 Å². The van der Waals surface area contributed by atoms with E-state index in [1.807, 2.05) is 6.92 Å². The summed E-state index contributed by atoms with van der Waals surface area (Å²) in [4.78, 5) is 12.5. The van der Waals surface area contributed by atoms with E-state index in [2.05, 4.69) is 32.1 Å². The molecule has 3 rings (SSSR count). The van der Waals surface area contributed by atoms with Gasteiger partial charge in [0.2, 0.25) is 11.8 Å². The van der Waals surface area contributed by atoms with Gasteiger partial charge in [-0.15, -0.1) is 0 Å². The second kappa shape index (κ2) is 8.61. The van der Waals surface area contributed by atoms with Gasteiger partial charge in [-0.25, -0.2) is 9.97 Å². The number of hydrogen-bond acceptors (Lipinski definition) is 9. The van der Waals surface area contributed by atoms with Gasteiger partial charge in [0.25, 0.3) is 0 Å². The maximum Gasteiger partial charge on any atom is 0.222 e. The molecule has 0 amide bonds. The third kappa shape index (κ3) is 4.56. The van der Waals surface area contributed by atoms with E-state index in [1.165, 1.54) is 0 Å². The highest BCUT2D eigenvalue weighted by molar-refractivity contribution is 5.60. The summed E-state index contributed by atoms with van der Waals surface area (Å²) in [6.07, 6.45) is 1.16. The molecule has 0 saturated heterocycles. The summed E-state index contributed by atoms with van der Waals surface area (Å²) >= 11 is 0. The molecule has 1 aliphatic rings. The van der Waals surface area contributed by atoms with Crippen molar-refractivity contribution in [3.63, 3.8) is 0 Å². The Labute approximate surface area is 169 Å². The molecule has 29 heavy (non-hydrogen) atoms. The van der Waals surface area contributed by atoms with Crippen LogP contribution in [-0.4, -0.2) is 55.3 Å². The van der Waals surface area contributed by atoms with Gasteiger partial charge < -0.3 is 31.1 Å². The van der Waals surface area contributed by atoms with Gasteiger partial charge in [-0.3, -0.25) is 0 Å². The highest BCUT2D eigenvalue weighted by Gasteiger charge is 2.47. The van der Waals surface area contributed by atoms with Crippen LogP contribution in [0, 0.1) is 24.7 Å². The van der Waals surface area contributed by atoms with Crippen molar-refractivity contribution in [2.24, 2.45) is 5.92 Å². The first kappa shape index (κ1) is 20.8. The SMILES string of the molecule is CCOc1ccc(C#Cc2c(C)nc(N)nc2NC2(O)CCC(CO)C2O)cn1. The minimum atomic E-state index is -1.64. The zero-order valence-electron chi connectivity index (χ0n) is 16.4. The number of ether oxygens (including phenoxy) is 1. The zero-order chi connectivity index (χ0) is 21.0. The lowest BCUT2D eigenvalue weighted by atomic mass is 10.0. The minimum absolute atomic E-state index is 0.0214. The summed E-state index contributed by atoms with van der Waals surface area (Å²) in [5, 5.41) is 33.4. The van der Waals surface area contributed by atoms with Gasteiger partial charge in [-0.2, -0.15) is 4.98 Å². The molecule has 2 heterocycles. The van der Waals surface area contributed by atoms with Crippen LogP contribution in [0.15, 0.2) is 18.3 Å². The van der Waals surface area contributed by atoms with Gasteiger partial charge in [0.1, 0.15) is 11.9 Å². The van der Waals surface area contributed by atoms with E-state index in [0.29, 0.717) is 35.7 Å². The summed E-state index contributed by atoms with van der Waals surface area (Å²) < 4.78 is 5.32. The van der Waals surface area contributed by atoms with E-state index in [-0.39, 0.29) is 24.8 Å². The fourth-order valence-corrected chi connectivity index (χ4v) is 3.29. The van der Waals surface area contributed by atoms with Crippen molar-refractivity contribution < 1.29 is 20.1 Å². The molecule has 3 unspecified atom stereocenters. The van der Waals surface area contributed by atoms with Crippen LogP contribution in [0.5, 0.6) is 5.88 Å². The van der Waals surface area contributed by atoms with E-state index < -0.39 is 17.7 Å². The van der Waals surface area contributed by atoms with Gasteiger partial charge in [-0.1, -0.05) is 11.8 Å². The zero-order valence-corrected chi connectivity index (χ0v) is 16.4. The number of nitrogen functional groups attached to an aromatic ring is 1.